The van der Waals surface area contributed by atoms with Crippen LogP contribution in [0.2, 0.25) is 0 Å². The summed E-state index contributed by atoms with van der Waals surface area (Å²) in [5, 5.41) is 18.9. The third kappa shape index (κ3) is 2.14. The minimum Gasteiger partial charge on any atom is -0.505 e. The molecule has 1 rings (SSSR count). The van der Waals surface area contributed by atoms with Gasteiger partial charge >= 0.3 is 6.18 Å². The fourth-order valence-electron chi connectivity index (χ4n) is 0.929. The van der Waals surface area contributed by atoms with Gasteiger partial charge in [0, 0.05) is 0 Å². The SMILES string of the molecule is O=[N+]([O-])c1cc(O)c(F)cc1C(F)(F)F. The first-order valence-corrected chi connectivity index (χ1v) is 3.47. The first kappa shape index (κ1) is 11.2. The predicted octanol–water partition coefficient (Wildman–Crippen LogP) is 2.46. The van der Waals surface area contributed by atoms with Crippen LogP contribution in [-0.4, -0.2) is 10.0 Å². The lowest BCUT2D eigenvalue weighted by Crippen LogP contribution is -2.09. The van der Waals surface area contributed by atoms with Gasteiger partial charge < -0.3 is 5.11 Å². The summed E-state index contributed by atoms with van der Waals surface area (Å²) in [7, 11) is 0. The quantitative estimate of drug-likeness (QED) is 0.453. The van der Waals surface area contributed by atoms with Gasteiger partial charge in [0.1, 0.15) is 5.56 Å². The maximum absolute atomic E-state index is 12.6. The first-order chi connectivity index (χ1) is 6.73. The number of rotatable bonds is 1. The summed E-state index contributed by atoms with van der Waals surface area (Å²) in [4.78, 5) is 8.86. The Balaban J connectivity index is 3.49. The molecule has 0 amide bonds. The molecule has 82 valence electrons. The van der Waals surface area contributed by atoms with Crippen LogP contribution < -0.4 is 0 Å². The number of nitro groups is 1. The van der Waals surface area contributed by atoms with Crippen molar-refractivity contribution in [1.82, 2.24) is 0 Å². The van der Waals surface area contributed by atoms with Crippen LogP contribution in [0.5, 0.6) is 5.75 Å². The molecule has 0 spiro atoms. The van der Waals surface area contributed by atoms with Gasteiger partial charge in [-0.1, -0.05) is 0 Å². The fraction of sp³-hybridized carbons (Fsp3) is 0.143. The number of hydrogen-bond donors (Lipinski definition) is 1. The maximum Gasteiger partial charge on any atom is 0.423 e. The Kier molecular flexibility index (Phi) is 2.52. The normalized spacial score (nSPS) is 11.5. The molecule has 0 aromatic heterocycles. The van der Waals surface area contributed by atoms with Gasteiger partial charge in [0.25, 0.3) is 5.69 Å². The fourth-order valence-corrected chi connectivity index (χ4v) is 0.929. The van der Waals surface area contributed by atoms with Crippen LogP contribution in [0.3, 0.4) is 0 Å². The van der Waals surface area contributed by atoms with E-state index in [9.17, 15) is 27.7 Å². The van der Waals surface area contributed by atoms with E-state index in [1.807, 2.05) is 0 Å². The van der Waals surface area contributed by atoms with Crippen molar-refractivity contribution in [2.24, 2.45) is 0 Å². The van der Waals surface area contributed by atoms with Crippen LogP contribution in [-0.2, 0) is 6.18 Å². The molecule has 1 N–H and O–H groups in total. The minimum atomic E-state index is -5.04. The van der Waals surface area contributed by atoms with Crippen LogP contribution in [0.25, 0.3) is 0 Å². The average Bonchev–Trinajstić information content (AvgIpc) is 2.06. The van der Waals surface area contributed by atoms with Gasteiger partial charge in [-0.15, -0.1) is 0 Å². The smallest absolute Gasteiger partial charge is 0.423 e. The lowest BCUT2D eigenvalue weighted by Gasteiger charge is -2.07. The van der Waals surface area contributed by atoms with Crippen molar-refractivity contribution in [2.75, 3.05) is 0 Å². The summed E-state index contributed by atoms with van der Waals surface area (Å²) in [6, 6.07) is 0.00558. The van der Waals surface area contributed by atoms with Gasteiger partial charge in [0.05, 0.1) is 11.0 Å². The topological polar surface area (TPSA) is 63.4 Å². The molecule has 15 heavy (non-hydrogen) atoms. The molecule has 0 aliphatic heterocycles. The summed E-state index contributed by atoms with van der Waals surface area (Å²) in [6.07, 6.45) is -5.04. The van der Waals surface area contributed by atoms with E-state index in [0.29, 0.717) is 0 Å². The molecule has 1 aromatic rings. The van der Waals surface area contributed by atoms with Gasteiger partial charge in [-0.25, -0.2) is 4.39 Å². The van der Waals surface area contributed by atoms with E-state index in [-0.39, 0.29) is 12.1 Å². The van der Waals surface area contributed by atoms with Crippen LogP contribution in [0.15, 0.2) is 12.1 Å². The highest BCUT2D eigenvalue weighted by molar-refractivity contribution is 5.47. The summed E-state index contributed by atoms with van der Waals surface area (Å²) in [6.45, 7) is 0. The molecule has 8 heteroatoms. The second kappa shape index (κ2) is 3.37. The molecule has 0 unspecified atom stereocenters. The van der Waals surface area contributed by atoms with Crippen molar-refractivity contribution < 1.29 is 27.6 Å². The van der Waals surface area contributed by atoms with Crippen molar-refractivity contribution in [3.05, 3.63) is 33.6 Å². The van der Waals surface area contributed by atoms with Crippen LogP contribution >= 0.6 is 0 Å². The molecule has 0 fully saturated rings. The molecule has 0 radical (unpaired) electrons. The molecule has 0 bridgehead atoms. The number of aromatic hydroxyl groups is 1. The average molecular weight is 225 g/mol. The number of nitrogens with zero attached hydrogens (tertiary/aromatic N) is 1. The number of phenolic OH excluding ortho intramolecular Hbond substituents is 1. The molecular weight excluding hydrogens is 222 g/mol. The zero-order valence-corrected chi connectivity index (χ0v) is 6.88. The van der Waals surface area contributed by atoms with Gasteiger partial charge in [0.2, 0.25) is 0 Å². The molecule has 4 nitrogen and oxygen atoms in total. The molecule has 0 saturated carbocycles. The van der Waals surface area contributed by atoms with Gasteiger partial charge in [-0.05, 0) is 6.07 Å². The number of nitro benzene ring substituents is 1. The van der Waals surface area contributed by atoms with E-state index in [1.54, 1.807) is 0 Å². The van der Waals surface area contributed by atoms with Crippen molar-refractivity contribution in [1.29, 1.82) is 0 Å². The Morgan fingerprint density at radius 2 is 1.87 bits per heavy atom. The Morgan fingerprint density at radius 1 is 1.33 bits per heavy atom. The Morgan fingerprint density at radius 3 is 2.27 bits per heavy atom. The van der Waals surface area contributed by atoms with Crippen LogP contribution in [0.1, 0.15) is 5.56 Å². The van der Waals surface area contributed by atoms with Crippen molar-refractivity contribution in [3.63, 3.8) is 0 Å². The Labute approximate surface area is 79.9 Å². The summed E-state index contributed by atoms with van der Waals surface area (Å²) >= 11 is 0. The van der Waals surface area contributed by atoms with Gasteiger partial charge in [0.15, 0.2) is 11.6 Å². The molecule has 0 heterocycles. The van der Waals surface area contributed by atoms with Crippen molar-refractivity contribution in [3.8, 4) is 5.75 Å². The number of alkyl halides is 3. The van der Waals surface area contributed by atoms with Crippen molar-refractivity contribution >= 4 is 5.69 Å². The number of halogens is 4. The van der Waals surface area contributed by atoms with Gasteiger partial charge in [-0.2, -0.15) is 13.2 Å². The standard InChI is InChI=1S/C7H3F4NO3/c8-4-1-3(7(9,10)11)5(12(14)15)2-6(4)13/h1-2,13H. The molecule has 0 aliphatic rings. The van der Waals surface area contributed by atoms with E-state index in [0.717, 1.165) is 0 Å². The number of phenols is 1. The van der Waals surface area contributed by atoms with E-state index in [2.05, 4.69) is 0 Å². The zero-order valence-electron chi connectivity index (χ0n) is 6.88. The highest BCUT2D eigenvalue weighted by Gasteiger charge is 2.39. The zero-order chi connectivity index (χ0) is 11.8. The molecule has 1 aromatic carbocycles. The van der Waals surface area contributed by atoms with Crippen LogP contribution in [0.4, 0.5) is 23.2 Å². The number of hydrogen-bond acceptors (Lipinski definition) is 3. The third-order valence-corrected chi connectivity index (χ3v) is 1.57. The Hall–Kier alpha value is -1.86. The highest BCUT2D eigenvalue weighted by Crippen LogP contribution is 2.38. The molecule has 0 atom stereocenters. The summed E-state index contributed by atoms with van der Waals surface area (Å²) in [5.41, 5.74) is -3.12. The minimum absolute atomic E-state index is 0.118. The summed E-state index contributed by atoms with van der Waals surface area (Å²) < 4.78 is 49.1. The molecule has 0 saturated heterocycles. The van der Waals surface area contributed by atoms with E-state index >= 15 is 0 Å². The van der Waals surface area contributed by atoms with Gasteiger partial charge in [-0.3, -0.25) is 10.1 Å². The summed E-state index contributed by atoms with van der Waals surface area (Å²) in [5.74, 6) is -2.76. The third-order valence-electron chi connectivity index (χ3n) is 1.57. The van der Waals surface area contributed by atoms with E-state index < -0.39 is 33.9 Å². The monoisotopic (exact) mass is 225 g/mol. The largest absolute Gasteiger partial charge is 0.505 e. The second-order valence-electron chi connectivity index (χ2n) is 2.58. The lowest BCUT2D eigenvalue weighted by molar-refractivity contribution is -0.388. The predicted molar refractivity (Wildman–Crippen MR) is 39.7 cm³/mol. The lowest BCUT2D eigenvalue weighted by atomic mass is 10.1. The van der Waals surface area contributed by atoms with Crippen molar-refractivity contribution in [2.45, 2.75) is 6.18 Å². The maximum atomic E-state index is 12.6. The molecular formula is C7H3F4NO3. The van der Waals surface area contributed by atoms with Crippen LogP contribution in [0, 0.1) is 15.9 Å². The van der Waals surface area contributed by atoms with E-state index in [1.165, 1.54) is 0 Å². The highest BCUT2D eigenvalue weighted by atomic mass is 19.4. The Bertz CT molecular complexity index is 415. The van der Waals surface area contributed by atoms with E-state index in [4.69, 9.17) is 5.11 Å². The second-order valence-corrected chi connectivity index (χ2v) is 2.58. The molecule has 0 aliphatic carbocycles. The first-order valence-electron chi connectivity index (χ1n) is 3.47. The number of benzene rings is 1.